The van der Waals surface area contributed by atoms with E-state index in [1.54, 1.807) is 31.2 Å². The number of hydrogen-bond donors (Lipinski definition) is 2. The van der Waals surface area contributed by atoms with Gasteiger partial charge >= 0.3 is 0 Å². The Bertz CT molecular complexity index is 598. The summed E-state index contributed by atoms with van der Waals surface area (Å²) >= 11 is 5.89. The van der Waals surface area contributed by atoms with Crippen molar-refractivity contribution in [3.05, 3.63) is 41.2 Å². The lowest BCUT2D eigenvalue weighted by atomic mass is 10.3. The second kappa shape index (κ2) is 6.49. The number of aromatic nitrogens is 3. The molecule has 1 aromatic heterocycles. The van der Waals surface area contributed by atoms with Crippen LogP contribution in [0.3, 0.4) is 0 Å². The molecule has 0 aliphatic heterocycles. The van der Waals surface area contributed by atoms with Crippen molar-refractivity contribution in [2.24, 2.45) is 0 Å². The molecular weight excluding hydrogens is 280 g/mol. The molecule has 0 spiro atoms. The van der Waals surface area contributed by atoms with Crippen LogP contribution in [0.25, 0.3) is 5.69 Å². The summed E-state index contributed by atoms with van der Waals surface area (Å²) in [6.07, 6.45) is 1.43. The Morgan fingerprint density at radius 1 is 1.55 bits per heavy atom. The quantitative estimate of drug-likeness (QED) is 0.874. The predicted molar refractivity (Wildman–Crippen MR) is 75.0 cm³/mol. The molecule has 6 nitrogen and oxygen atoms in total. The SMILES string of the molecule is CC(O)CCNC(=O)c1cnn(-c2cccc(Cl)c2)n1. The molecule has 0 saturated heterocycles. The Labute approximate surface area is 121 Å². The van der Waals surface area contributed by atoms with E-state index in [2.05, 4.69) is 15.5 Å². The van der Waals surface area contributed by atoms with Crippen LogP contribution in [0.4, 0.5) is 0 Å². The van der Waals surface area contributed by atoms with Crippen LogP contribution in [0.1, 0.15) is 23.8 Å². The highest BCUT2D eigenvalue weighted by Crippen LogP contribution is 2.13. The molecule has 2 N–H and O–H groups in total. The summed E-state index contributed by atoms with van der Waals surface area (Å²) in [4.78, 5) is 13.1. The summed E-state index contributed by atoms with van der Waals surface area (Å²) in [7, 11) is 0. The van der Waals surface area contributed by atoms with Crippen LogP contribution in [0.15, 0.2) is 30.5 Å². The molecule has 2 rings (SSSR count). The van der Waals surface area contributed by atoms with Gasteiger partial charge < -0.3 is 10.4 Å². The minimum Gasteiger partial charge on any atom is -0.393 e. The molecule has 1 amide bonds. The van der Waals surface area contributed by atoms with Gasteiger partial charge in [-0.15, -0.1) is 5.10 Å². The number of carbonyl (C=O) groups excluding carboxylic acids is 1. The summed E-state index contributed by atoms with van der Waals surface area (Å²) in [5.41, 5.74) is 0.899. The molecule has 7 heteroatoms. The van der Waals surface area contributed by atoms with Gasteiger partial charge in [0, 0.05) is 11.6 Å². The number of aliphatic hydroxyl groups excluding tert-OH is 1. The molecule has 0 aliphatic carbocycles. The Morgan fingerprint density at radius 2 is 2.35 bits per heavy atom. The van der Waals surface area contributed by atoms with Crippen LogP contribution < -0.4 is 5.32 Å². The number of benzene rings is 1. The van der Waals surface area contributed by atoms with Gasteiger partial charge in [-0.25, -0.2) is 0 Å². The first-order valence-electron chi connectivity index (χ1n) is 6.21. The third kappa shape index (κ3) is 3.79. The van der Waals surface area contributed by atoms with Crippen molar-refractivity contribution in [1.82, 2.24) is 20.3 Å². The highest BCUT2D eigenvalue weighted by molar-refractivity contribution is 6.30. The lowest BCUT2D eigenvalue weighted by Crippen LogP contribution is -2.27. The highest BCUT2D eigenvalue weighted by Gasteiger charge is 2.11. The normalized spacial score (nSPS) is 12.2. The van der Waals surface area contributed by atoms with Gasteiger partial charge in [0.25, 0.3) is 5.91 Å². The maximum Gasteiger partial charge on any atom is 0.273 e. The van der Waals surface area contributed by atoms with E-state index >= 15 is 0 Å². The molecule has 0 radical (unpaired) electrons. The molecule has 0 aliphatic rings. The zero-order valence-electron chi connectivity index (χ0n) is 11.0. The minimum absolute atomic E-state index is 0.218. The number of rotatable bonds is 5. The molecule has 0 saturated carbocycles. The molecular formula is C13H15ClN4O2. The third-order valence-electron chi connectivity index (χ3n) is 2.61. The van der Waals surface area contributed by atoms with Gasteiger partial charge in [-0.1, -0.05) is 17.7 Å². The average molecular weight is 295 g/mol. The van der Waals surface area contributed by atoms with Crippen molar-refractivity contribution < 1.29 is 9.90 Å². The van der Waals surface area contributed by atoms with Gasteiger partial charge in [0.1, 0.15) is 0 Å². The Hall–Kier alpha value is -1.92. The summed E-state index contributed by atoms with van der Waals surface area (Å²) in [5, 5.41) is 20.5. The zero-order valence-corrected chi connectivity index (χ0v) is 11.7. The molecule has 20 heavy (non-hydrogen) atoms. The number of hydrogen-bond acceptors (Lipinski definition) is 4. The van der Waals surface area contributed by atoms with Gasteiger partial charge in [-0.05, 0) is 31.5 Å². The van der Waals surface area contributed by atoms with Gasteiger partial charge in [-0.3, -0.25) is 4.79 Å². The highest BCUT2D eigenvalue weighted by atomic mass is 35.5. The number of halogens is 1. The maximum atomic E-state index is 11.8. The number of nitrogens with one attached hydrogen (secondary N) is 1. The lowest BCUT2D eigenvalue weighted by molar-refractivity contribution is 0.0940. The second-order valence-corrected chi connectivity index (χ2v) is 4.83. The van der Waals surface area contributed by atoms with E-state index in [9.17, 15) is 4.79 Å². The fourth-order valence-corrected chi connectivity index (χ4v) is 1.76. The third-order valence-corrected chi connectivity index (χ3v) is 2.85. The van der Waals surface area contributed by atoms with Crippen LogP contribution in [0, 0.1) is 0 Å². The summed E-state index contributed by atoms with van der Waals surface area (Å²) in [6, 6.07) is 7.03. The fraction of sp³-hybridized carbons (Fsp3) is 0.308. The van der Waals surface area contributed by atoms with Crippen LogP contribution in [-0.4, -0.2) is 38.7 Å². The average Bonchev–Trinajstić information content (AvgIpc) is 2.87. The number of carbonyl (C=O) groups is 1. The molecule has 1 atom stereocenters. The first-order chi connectivity index (χ1) is 9.56. The fourth-order valence-electron chi connectivity index (χ4n) is 1.58. The maximum absolute atomic E-state index is 11.8. The van der Waals surface area contributed by atoms with Gasteiger partial charge in [0.15, 0.2) is 5.69 Å². The number of nitrogens with zero attached hydrogens (tertiary/aromatic N) is 3. The van der Waals surface area contributed by atoms with Crippen LogP contribution in [-0.2, 0) is 0 Å². The predicted octanol–water partition coefficient (Wildman–Crippen LogP) is 1.42. The number of aliphatic hydroxyl groups is 1. The van der Waals surface area contributed by atoms with Crippen molar-refractivity contribution in [3.63, 3.8) is 0 Å². The Kier molecular flexibility index (Phi) is 4.70. The van der Waals surface area contributed by atoms with E-state index < -0.39 is 6.10 Å². The van der Waals surface area contributed by atoms with Crippen LogP contribution in [0.2, 0.25) is 5.02 Å². The van der Waals surface area contributed by atoms with E-state index in [1.807, 2.05) is 0 Å². The smallest absolute Gasteiger partial charge is 0.273 e. The van der Waals surface area contributed by atoms with Crippen LogP contribution >= 0.6 is 11.6 Å². The largest absolute Gasteiger partial charge is 0.393 e. The van der Waals surface area contributed by atoms with E-state index in [-0.39, 0.29) is 11.6 Å². The zero-order chi connectivity index (χ0) is 14.5. The van der Waals surface area contributed by atoms with Gasteiger partial charge in [-0.2, -0.15) is 9.90 Å². The van der Waals surface area contributed by atoms with E-state index in [1.165, 1.54) is 11.0 Å². The summed E-state index contributed by atoms with van der Waals surface area (Å²) in [6.45, 7) is 2.06. The molecule has 1 unspecified atom stereocenters. The van der Waals surface area contributed by atoms with Crippen molar-refractivity contribution in [1.29, 1.82) is 0 Å². The standard InChI is InChI=1S/C13H15ClN4O2/c1-9(19)5-6-15-13(20)12-8-16-18(17-12)11-4-2-3-10(14)7-11/h2-4,7-9,19H,5-6H2,1H3,(H,15,20). The van der Waals surface area contributed by atoms with Crippen LogP contribution in [0.5, 0.6) is 0 Å². The first kappa shape index (κ1) is 14.5. The first-order valence-corrected chi connectivity index (χ1v) is 6.58. The van der Waals surface area contributed by atoms with E-state index in [0.717, 1.165) is 0 Å². The monoisotopic (exact) mass is 294 g/mol. The molecule has 1 aromatic carbocycles. The second-order valence-electron chi connectivity index (χ2n) is 4.39. The van der Waals surface area contributed by atoms with Gasteiger partial charge in [0.2, 0.25) is 0 Å². The van der Waals surface area contributed by atoms with Crippen molar-refractivity contribution in [3.8, 4) is 5.69 Å². The Morgan fingerprint density at radius 3 is 3.05 bits per heavy atom. The van der Waals surface area contributed by atoms with E-state index in [0.29, 0.717) is 23.7 Å². The number of amides is 1. The molecule has 1 heterocycles. The lowest BCUT2D eigenvalue weighted by Gasteiger charge is -2.04. The molecule has 0 bridgehead atoms. The van der Waals surface area contributed by atoms with Gasteiger partial charge in [0.05, 0.1) is 18.0 Å². The van der Waals surface area contributed by atoms with Crippen molar-refractivity contribution in [2.45, 2.75) is 19.4 Å². The topological polar surface area (TPSA) is 80.0 Å². The van der Waals surface area contributed by atoms with E-state index in [4.69, 9.17) is 16.7 Å². The van der Waals surface area contributed by atoms with Crippen molar-refractivity contribution in [2.75, 3.05) is 6.54 Å². The molecule has 2 aromatic rings. The minimum atomic E-state index is -0.447. The molecule has 106 valence electrons. The summed E-state index contributed by atoms with van der Waals surface area (Å²) in [5.74, 6) is -0.320. The summed E-state index contributed by atoms with van der Waals surface area (Å²) < 4.78 is 0. The Balaban J connectivity index is 2.03. The molecule has 0 fully saturated rings. The van der Waals surface area contributed by atoms with Crippen molar-refractivity contribution >= 4 is 17.5 Å².